The van der Waals surface area contributed by atoms with Gasteiger partial charge in [-0.05, 0) is 39.2 Å². The summed E-state index contributed by atoms with van der Waals surface area (Å²) < 4.78 is 10.5. The zero-order chi connectivity index (χ0) is 18.7. The SMILES string of the molecule is COCC(CCCNC(=O)OC(C)(C)C)N[C@@H](CO)c1ccccc1. The lowest BCUT2D eigenvalue weighted by Crippen LogP contribution is -2.39. The van der Waals surface area contributed by atoms with Gasteiger partial charge in [-0.2, -0.15) is 0 Å². The fraction of sp³-hybridized carbons (Fsp3) is 0.632. The Hall–Kier alpha value is -1.63. The Bertz CT molecular complexity index is 488. The van der Waals surface area contributed by atoms with Gasteiger partial charge in [0.1, 0.15) is 5.60 Å². The van der Waals surface area contributed by atoms with Crippen molar-refractivity contribution in [2.75, 3.05) is 26.9 Å². The van der Waals surface area contributed by atoms with E-state index < -0.39 is 11.7 Å². The average molecular weight is 352 g/mol. The molecule has 0 spiro atoms. The van der Waals surface area contributed by atoms with Crippen molar-refractivity contribution in [2.45, 2.75) is 51.3 Å². The first-order valence-corrected chi connectivity index (χ1v) is 8.73. The third-order valence-electron chi connectivity index (χ3n) is 3.59. The summed E-state index contributed by atoms with van der Waals surface area (Å²) in [5.41, 5.74) is 0.548. The third-order valence-corrected chi connectivity index (χ3v) is 3.59. The monoisotopic (exact) mass is 352 g/mol. The lowest BCUT2D eigenvalue weighted by atomic mass is 10.0. The molecule has 0 aromatic heterocycles. The van der Waals surface area contributed by atoms with Gasteiger partial charge in [-0.25, -0.2) is 4.79 Å². The third kappa shape index (κ3) is 9.43. The molecule has 6 heteroatoms. The van der Waals surface area contributed by atoms with E-state index in [1.807, 2.05) is 51.1 Å². The molecule has 0 radical (unpaired) electrons. The van der Waals surface area contributed by atoms with Crippen molar-refractivity contribution in [1.29, 1.82) is 0 Å². The Morgan fingerprint density at radius 2 is 1.92 bits per heavy atom. The molecule has 0 aliphatic carbocycles. The highest BCUT2D eigenvalue weighted by Crippen LogP contribution is 2.14. The minimum Gasteiger partial charge on any atom is -0.444 e. The fourth-order valence-corrected chi connectivity index (χ4v) is 2.49. The van der Waals surface area contributed by atoms with Crippen molar-refractivity contribution in [2.24, 2.45) is 0 Å². The Balaban J connectivity index is 2.42. The maximum absolute atomic E-state index is 11.6. The van der Waals surface area contributed by atoms with Crippen molar-refractivity contribution in [3.05, 3.63) is 35.9 Å². The van der Waals surface area contributed by atoms with Gasteiger partial charge in [0, 0.05) is 19.7 Å². The van der Waals surface area contributed by atoms with E-state index in [2.05, 4.69) is 10.6 Å². The van der Waals surface area contributed by atoms with E-state index in [0.717, 1.165) is 18.4 Å². The van der Waals surface area contributed by atoms with Crippen LogP contribution < -0.4 is 10.6 Å². The Morgan fingerprint density at radius 1 is 1.24 bits per heavy atom. The highest BCUT2D eigenvalue weighted by atomic mass is 16.6. The van der Waals surface area contributed by atoms with Gasteiger partial charge in [-0.1, -0.05) is 30.3 Å². The molecule has 2 atom stereocenters. The lowest BCUT2D eigenvalue weighted by molar-refractivity contribution is 0.0526. The van der Waals surface area contributed by atoms with Crippen molar-refractivity contribution < 1.29 is 19.4 Å². The maximum atomic E-state index is 11.6. The summed E-state index contributed by atoms with van der Waals surface area (Å²) in [6, 6.07) is 9.78. The molecule has 3 N–H and O–H groups in total. The standard InChI is InChI=1S/C19H32N2O4/c1-19(2,3)25-18(23)20-12-8-11-16(14-24-4)21-17(13-22)15-9-6-5-7-10-15/h5-7,9-10,16-17,21-22H,8,11-14H2,1-4H3,(H,20,23)/t16?,17-/m0/s1. The fourth-order valence-electron chi connectivity index (χ4n) is 2.49. The second-order valence-electron chi connectivity index (χ2n) is 7.04. The molecular formula is C19H32N2O4. The van der Waals surface area contributed by atoms with Gasteiger partial charge in [0.25, 0.3) is 0 Å². The highest BCUT2D eigenvalue weighted by Gasteiger charge is 2.18. The molecule has 1 rings (SSSR count). The summed E-state index contributed by atoms with van der Waals surface area (Å²) in [7, 11) is 1.66. The van der Waals surface area contributed by atoms with Crippen LogP contribution >= 0.6 is 0 Å². The molecular weight excluding hydrogens is 320 g/mol. The summed E-state index contributed by atoms with van der Waals surface area (Å²) in [5, 5.41) is 15.9. The van der Waals surface area contributed by atoms with Crippen LogP contribution in [0.3, 0.4) is 0 Å². The normalized spacial score (nSPS) is 14.0. The van der Waals surface area contributed by atoms with Crippen molar-refractivity contribution in [3.8, 4) is 0 Å². The van der Waals surface area contributed by atoms with E-state index in [1.54, 1.807) is 7.11 Å². The summed E-state index contributed by atoms with van der Waals surface area (Å²) in [4.78, 5) is 11.6. The van der Waals surface area contributed by atoms with Gasteiger partial charge in [0.05, 0.1) is 19.3 Å². The van der Waals surface area contributed by atoms with E-state index in [9.17, 15) is 9.90 Å². The molecule has 1 aromatic carbocycles. The van der Waals surface area contributed by atoms with Gasteiger partial charge in [-0.15, -0.1) is 0 Å². The van der Waals surface area contributed by atoms with Crippen LogP contribution in [0.15, 0.2) is 30.3 Å². The number of ether oxygens (including phenoxy) is 2. The zero-order valence-corrected chi connectivity index (χ0v) is 15.7. The van der Waals surface area contributed by atoms with Gasteiger partial charge in [0.2, 0.25) is 0 Å². The van der Waals surface area contributed by atoms with Gasteiger partial charge in [-0.3, -0.25) is 0 Å². The summed E-state index contributed by atoms with van der Waals surface area (Å²) in [6.45, 7) is 6.60. The van der Waals surface area contributed by atoms with Crippen LogP contribution in [0, 0.1) is 0 Å². The number of aliphatic hydroxyl groups excluding tert-OH is 1. The predicted molar refractivity (Wildman–Crippen MR) is 98.5 cm³/mol. The molecule has 0 heterocycles. The number of hydrogen-bond acceptors (Lipinski definition) is 5. The number of hydrogen-bond donors (Lipinski definition) is 3. The van der Waals surface area contributed by atoms with Crippen LogP contribution in [0.2, 0.25) is 0 Å². The number of nitrogens with one attached hydrogen (secondary N) is 2. The first kappa shape index (κ1) is 21.4. The molecule has 0 fully saturated rings. The number of benzene rings is 1. The first-order valence-electron chi connectivity index (χ1n) is 8.73. The highest BCUT2D eigenvalue weighted by molar-refractivity contribution is 5.67. The number of aliphatic hydroxyl groups is 1. The predicted octanol–water partition coefficient (Wildman–Crippen LogP) is 2.63. The van der Waals surface area contributed by atoms with Gasteiger partial charge < -0.3 is 25.2 Å². The second-order valence-corrected chi connectivity index (χ2v) is 7.04. The molecule has 6 nitrogen and oxygen atoms in total. The van der Waals surface area contributed by atoms with Gasteiger partial charge >= 0.3 is 6.09 Å². The minimum absolute atomic E-state index is 0.0143. The topological polar surface area (TPSA) is 79.8 Å². The zero-order valence-electron chi connectivity index (χ0n) is 15.7. The molecule has 25 heavy (non-hydrogen) atoms. The smallest absolute Gasteiger partial charge is 0.407 e. The molecule has 0 aliphatic heterocycles. The van der Waals surface area contributed by atoms with Crippen molar-refractivity contribution >= 4 is 6.09 Å². The van der Waals surface area contributed by atoms with Gasteiger partial charge in [0.15, 0.2) is 0 Å². The van der Waals surface area contributed by atoms with Crippen LogP contribution in [0.5, 0.6) is 0 Å². The van der Waals surface area contributed by atoms with Crippen molar-refractivity contribution in [3.63, 3.8) is 0 Å². The number of carbonyl (C=O) groups is 1. The minimum atomic E-state index is -0.492. The molecule has 0 saturated carbocycles. The second kappa shape index (κ2) is 11.1. The number of carbonyl (C=O) groups excluding carboxylic acids is 1. The molecule has 0 aliphatic rings. The summed E-state index contributed by atoms with van der Waals surface area (Å²) in [6.07, 6.45) is 1.20. The molecule has 0 bridgehead atoms. The molecule has 1 unspecified atom stereocenters. The number of rotatable bonds is 10. The van der Waals surface area contributed by atoms with Crippen LogP contribution in [0.25, 0.3) is 0 Å². The first-order chi connectivity index (χ1) is 11.9. The van der Waals surface area contributed by atoms with Crippen LogP contribution in [-0.4, -0.2) is 49.7 Å². The number of amides is 1. The summed E-state index contributed by atoms with van der Waals surface area (Å²) >= 11 is 0. The lowest BCUT2D eigenvalue weighted by Gasteiger charge is -2.25. The van der Waals surface area contributed by atoms with Crippen LogP contribution in [0.1, 0.15) is 45.2 Å². The van der Waals surface area contributed by atoms with E-state index in [0.29, 0.717) is 13.2 Å². The largest absolute Gasteiger partial charge is 0.444 e. The van der Waals surface area contributed by atoms with E-state index in [1.165, 1.54) is 0 Å². The van der Waals surface area contributed by atoms with Crippen LogP contribution in [0.4, 0.5) is 4.79 Å². The molecule has 1 aromatic rings. The Kier molecular flexibility index (Phi) is 9.49. The van der Waals surface area contributed by atoms with E-state index >= 15 is 0 Å². The molecule has 142 valence electrons. The number of methoxy groups -OCH3 is 1. The Morgan fingerprint density at radius 3 is 2.48 bits per heavy atom. The maximum Gasteiger partial charge on any atom is 0.407 e. The molecule has 0 saturated heterocycles. The van der Waals surface area contributed by atoms with Crippen LogP contribution in [-0.2, 0) is 9.47 Å². The average Bonchev–Trinajstić information content (AvgIpc) is 2.55. The summed E-state index contributed by atoms with van der Waals surface area (Å²) in [5.74, 6) is 0. The quantitative estimate of drug-likeness (QED) is 0.564. The molecule has 1 amide bonds. The van der Waals surface area contributed by atoms with E-state index in [4.69, 9.17) is 9.47 Å². The van der Waals surface area contributed by atoms with Crippen molar-refractivity contribution in [1.82, 2.24) is 10.6 Å². The number of alkyl carbamates (subject to hydrolysis) is 1. The Labute approximate surface area is 150 Å². The van der Waals surface area contributed by atoms with E-state index in [-0.39, 0.29) is 18.7 Å².